The number of nitrogens with zero attached hydrogens (tertiary/aromatic N) is 3. The number of carbonyl (C=O) groups excluding carboxylic acids is 1. The maximum Gasteiger partial charge on any atom is 0.274 e. The minimum Gasteiger partial charge on any atom is -0.497 e. The number of rotatable bonds is 7. The third kappa shape index (κ3) is 5.20. The van der Waals surface area contributed by atoms with E-state index in [1.54, 1.807) is 32.2 Å². The topological polar surface area (TPSA) is 79.4 Å². The number of carbonyl (C=O) groups is 1. The van der Waals surface area contributed by atoms with Gasteiger partial charge < -0.3 is 20.3 Å². The van der Waals surface area contributed by atoms with E-state index in [4.69, 9.17) is 4.74 Å². The van der Waals surface area contributed by atoms with Gasteiger partial charge >= 0.3 is 0 Å². The molecule has 0 saturated carbocycles. The van der Waals surface area contributed by atoms with Gasteiger partial charge in [-0.3, -0.25) is 4.79 Å². The van der Waals surface area contributed by atoms with Crippen molar-refractivity contribution in [2.24, 2.45) is 0 Å². The first-order valence-electron chi connectivity index (χ1n) is 7.67. The second-order valence-corrected chi connectivity index (χ2v) is 5.60. The van der Waals surface area contributed by atoms with Crippen LogP contribution in [-0.2, 0) is 0 Å². The van der Waals surface area contributed by atoms with Crippen LogP contribution in [0, 0.1) is 6.92 Å². The molecule has 0 aliphatic carbocycles. The van der Waals surface area contributed by atoms with Crippen molar-refractivity contribution in [1.29, 1.82) is 0 Å². The second kappa shape index (κ2) is 8.26. The normalized spacial score (nSPS) is 10.5. The molecule has 2 rings (SSSR count). The molecule has 7 heteroatoms. The van der Waals surface area contributed by atoms with Crippen LogP contribution in [0.1, 0.15) is 16.3 Å². The summed E-state index contributed by atoms with van der Waals surface area (Å²) in [7, 11) is 5.58. The molecule has 24 heavy (non-hydrogen) atoms. The van der Waals surface area contributed by atoms with E-state index in [2.05, 4.69) is 25.5 Å². The van der Waals surface area contributed by atoms with Crippen LogP contribution in [0.5, 0.6) is 5.75 Å². The van der Waals surface area contributed by atoms with Crippen molar-refractivity contribution in [3.63, 3.8) is 0 Å². The van der Waals surface area contributed by atoms with E-state index in [1.165, 1.54) is 0 Å². The molecule has 0 fully saturated rings. The first-order valence-corrected chi connectivity index (χ1v) is 7.67. The van der Waals surface area contributed by atoms with Crippen LogP contribution in [-0.4, -0.2) is 55.1 Å². The van der Waals surface area contributed by atoms with E-state index in [0.717, 1.165) is 13.1 Å². The highest BCUT2D eigenvalue weighted by Gasteiger charge is 2.11. The Labute approximate surface area is 142 Å². The van der Waals surface area contributed by atoms with Crippen molar-refractivity contribution in [2.75, 3.05) is 44.9 Å². The number of amides is 1. The first-order chi connectivity index (χ1) is 11.5. The third-order valence-corrected chi connectivity index (χ3v) is 3.26. The average Bonchev–Trinajstić information content (AvgIpc) is 2.54. The molecule has 0 saturated heterocycles. The Hall–Kier alpha value is -2.67. The number of methoxy groups -OCH3 is 1. The Morgan fingerprint density at radius 3 is 2.75 bits per heavy atom. The average molecular weight is 329 g/mol. The summed E-state index contributed by atoms with van der Waals surface area (Å²) in [6, 6.07) is 8.83. The fraction of sp³-hybridized carbons (Fsp3) is 0.353. The van der Waals surface area contributed by atoms with Gasteiger partial charge in [-0.2, -0.15) is 0 Å². The summed E-state index contributed by atoms with van der Waals surface area (Å²) in [4.78, 5) is 23.0. The Morgan fingerprint density at radius 2 is 2.04 bits per heavy atom. The maximum atomic E-state index is 12.4. The number of aromatic nitrogens is 2. The van der Waals surface area contributed by atoms with E-state index in [9.17, 15) is 4.79 Å². The SMILES string of the molecule is COc1cccc(NC(=O)c2cc(NCCN(C)C)nc(C)n2)c1. The third-order valence-electron chi connectivity index (χ3n) is 3.26. The van der Waals surface area contributed by atoms with Crippen molar-refractivity contribution >= 4 is 17.4 Å². The monoisotopic (exact) mass is 329 g/mol. The Bertz CT molecular complexity index is 703. The highest BCUT2D eigenvalue weighted by molar-refractivity contribution is 6.03. The van der Waals surface area contributed by atoms with Crippen LogP contribution < -0.4 is 15.4 Å². The smallest absolute Gasteiger partial charge is 0.274 e. The molecular weight excluding hydrogens is 306 g/mol. The van der Waals surface area contributed by atoms with Crippen LogP contribution in [0.2, 0.25) is 0 Å². The lowest BCUT2D eigenvalue weighted by Gasteiger charge is -2.12. The van der Waals surface area contributed by atoms with Crippen molar-refractivity contribution in [1.82, 2.24) is 14.9 Å². The van der Waals surface area contributed by atoms with Crippen LogP contribution in [0.15, 0.2) is 30.3 Å². The van der Waals surface area contributed by atoms with E-state index in [0.29, 0.717) is 28.8 Å². The lowest BCUT2D eigenvalue weighted by atomic mass is 10.2. The van der Waals surface area contributed by atoms with Gasteiger partial charge in [0, 0.05) is 30.9 Å². The van der Waals surface area contributed by atoms with Crippen LogP contribution in [0.4, 0.5) is 11.5 Å². The maximum absolute atomic E-state index is 12.4. The van der Waals surface area contributed by atoms with Gasteiger partial charge in [0.15, 0.2) is 0 Å². The Balaban J connectivity index is 2.09. The highest BCUT2D eigenvalue weighted by Crippen LogP contribution is 2.17. The van der Waals surface area contributed by atoms with Crippen LogP contribution >= 0.6 is 0 Å². The summed E-state index contributed by atoms with van der Waals surface area (Å²) in [6.07, 6.45) is 0. The number of ether oxygens (including phenoxy) is 1. The van der Waals surface area contributed by atoms with Crippen LogP contribution in [0.25, 0.3) is 0 Å². The van der Waals surface area contributed by atoms with Crippen molar-refractivity contribution in [2.45, 2.75) is 6.92 Å². The Kier molecular flexibility index (Phi) is 6.08. The summed E-state index contributed by atoms with van der Waals surface area (Å²) in [5.74, 6) is 1.57. The standard InChI is InChI=1S/C17H23N5O2/c1-12-19-15(11-16(20-12)18-8-9-22(2)3)17(23)21-13-6-5-7-14(10-13)24-4/h5-7,10-11H,8-9H2,1-4H3,(H,21,23)(H,18,19,20). The Morgan fingerprint density at radius 1 is 1.25 bits per heavy atom. The molecule has 1 aromatic carbocycles. The fourth-order valence-corrected chi connectivity index (χ4v) is 2.08. The van der Waals surface area contributed by atoms with Crippen molar-refractivity contribution < 1.29 is 9.53 Å². The minimum absolute atomic E-state index is 0.288. The fourth-order valence-electron chi connectivity index (χ4n) is 2.08. The van der Waals surface area contributed by atoms with E-state index in [-0.39, 0.29) is 5.91 Å². The molecule has 0 spiro atoms. The van der Waals surface area contributed by atoms with E-state index < -0.39 is 0 Å². The zero-order chi connectivity index (χ0) is 17.5. The molecular formula is C17H23N5O2. The molecule has 0 atom stereocenters. The van der Waals surface area contributed by atoms with Gasteiger partial charge in [0.25, 0.3) is 5.91 Å². The van der Waals surface area contributed by atoms with Gasteiger partial charge in [-0.25, -0.2) is 9.97 Å². The van der Waals surface area contributed by atoms with Gasteiger partial charge in [-0.1, -0.05) is 6.07 Å². The zero-order valence-corrected chi connectivity index (χ0v) is 14.5. The van der Waals surface area contributed by atoms with E-state index >= 15 is 0 Å². The molecule has 1 aromatic heterocycles. The van der Waals surface area contributed by atoms with Gasteiger partial charge in [0.2, 0.25) is 0 Å². The quantitative estimate of drug-likeness (QED) is 0.809. The molecule has 7 nitrogen and oxygen atoms in total. The second-order valence-electron chi connectivity index (χ2n) is 5.60. The van der Waals surface area contributed by atoms with Gasteiger partial charge in [0.1, 0.15) is 23.1 Å². The minimum atomic E-state index is -0.288. The molecule has 2 N–H and O–H groups in total. The van der Waals surface area contributed by atoms with Crippen molar-refractivity contribution in [3.05, 3.63) is 41.9 Å². The predicted molar refractivity (Wildman–Crippen MR) is 94.8 cm³/mol. The highest BCUT2D eigenvalue weighted by atomic mass is 16.5. The number of hydrogen-bond acceptors (Lipinski definition) is 6. The summed E-state index contributed by atoms with van der Waals surface area (Å²) >= 11 is 0. The molecule has 1 heterocycles. The summed E-state index contributed by atoms with van der Waals surface area (Å²) in [6.45, 7) is 3.37. The zero-order valence-electron chi connectivity index (χ0n) is 14.5. The number of aryl methyl sites for hydroxylation is 1. The van der Waals surface area contributed by atoms with Gasteiger partial charge in [-0.15, -0.1) is 0 Å². The van der Waals surface area contributed by atoms with Crippen molar-refractivity contribution in [3.8, 4) is 5.75 Å². The van der Waals surface area contributed by atoms with Gasteiger partial charge in [0.05, 0.1) is 7.11 Å². The van der Waals surface area contributed by atoms with Crippen LogP contribution in [0.3, 0.4) is 0 Å². The van der Waals surface area contributed by atoms with E-state index in [1.807, 2.05) is 26.2 Å². The molecule has 128 valence electrons. The summed E-state index contributed by atoms with van der Waals surface area (Å²) in [5.41, 5.74) is 0.968. The number of anilines is 2. The molecule has 0 aliphatic rings. The molecule has 0 radical (unpaired) electrons. The summed E-state index contributed by atoms with van der Waals surface area (Å²) < 4.78 is 5.15. The predicted octanol–water partition coefficient (Wildman–Crippen LogP) is 2.02. The molecule has 1 amide bonds. The summed E-state index contributed by atoms with van der Waals surface area (Å²) in [5, 5.41) is 6.02. The lowest BCUT2D eigenvalue weighted by Crippen LogP contribution is -2.22. The molecule has 0 aliphatic heterocycles. The van der Waals surface area contributed by atoms with Gasteiger partial charge in [-0.05, 0) is 33.2 Å². The number of hydrogen-bond donors (Lipinski definition) is 2. The molecule has 2 aromatic rings. The molecule has 0 unspecified atom stereocenters. The molecule has 0 bridgehead atoms. The first kappa shape index (κ1) is 17.7. The number of benzene rings is 1. The largest absolute Gasteiger partial charge is 0.497 e. The number of nitrogens with one attached hydrogen (secondary N) is 2. The number of likely N-dealkylation sites (N-methyl/N-ethyl adjacent to an activating group) is 1. The lowest BCUT2D eigenvalue weighted by molar-refractivity contribution is 0.102.